The number of amides is 1. The van der Waals surface area contributed by atoms with Gasteiger partial charge in [0.2, 0.25) is 0 Å². The number of hydrogen-bond acceptors (Lipinski definition) is 2. The summed E-state index contributed by atoms with van der Waals surface area (Å²) in [6, 6.07) is 13.2. The van der Waals surface area contributed by atoms with E-state index in [0.717, 1.165) is 28.8 Å². The Morgan fingerprint density at radius 2 is 1.91 bits per heavy atom. The number of fused-ring (bicyclic) bond motifs is 1. The first-order valence-electron chi connectivity index (χ1n) is 7.67. The van der Waals surface area contributed by atoms with Gasteiger partial charge in [-0.3, -0.25) is 9.59 Å². The second-order valence-electron chi connectivity index (χ2n) is 5.85. The van der Waals surface area contributed by atoms with Gasteiger partial charge >= 0.3 is 0 Å². The molecule has 2 aromatic carbocycles. The first-order chi connectivity index (χ1) is 11.0. The molecule has 1 aliphatic heterocycles. The highest BCUT2D eigenvalue weighted by Crippen LogP contribution is 2.31. The van der Waals surface area contributed by atoms with Crippen LogP contribution in [-0.4, -0.2) is 23.1 Å². The highest BCUT2D eigenvalue weighted by molar-refractivity contribution is 9.10. The van der Waals surface area contributed by atoms with Gasteiger partial charge in [-0.05, 0) is 55.7 Å². The lowest BCUT2D eigenvalue weighted by atomic mass is 10.0. The Hall–Kier alpha value is -1.94. The molecule has 0 fully saturated rings. The molecule has 1 atom stereocenters. The average Bonchev–Trinajstić information content (AvgIpc) is 2.96. The smallest absolute Gasteiger partial charge is 0.258 e. The van der Waals surface area contributed by atoms with E-state index in [9.17, 15) is 9.59 Å². The molecule has 0 aromatic heterocycles. The van der Waals surface area contributed by atoms with Gasteiger partial charge in [-0.15, -0.1) is 0 Å². The van der Waals surface area contributed by atoms with Crippen molar-refractivity contribution in [1.82, 2.24) is 0 Å². The van der Waals surface area contributed by atoms with Crippen molar-refractivity contribution in [2.75, 3.05) is 11.4 Å². The Morgan fingerprint density at radius 3 is 2.61 bits per heavy atom. The number of ketones is 1. The molecule has 1 heterocycles. The van der Waals surface area contributed by atoms with E-state index in [0.29, 0.717) is 12.1 Å². The molecule has 0 spiro atoms. The summed E-state index contributed by atoms with van der Waals surface area (Å²) in [4.78, 5) is 26.5. The average molecular weight is 372 g/mol. The summed E-state index contributed by atoms with van der Waals surface area (Å²) in [5.74, 6) is 0.0891. The van der Waals surface area contributed by atoms with Crippen LogP contribution in [0.15, 0.2) is 42.5 Å². The molecule has 23 heavy (non-hydrogen) atoms. The summed E-state index contributed by atoms with van der Waals surface area (Å²) in [5.41, 5.74) is 4.38. The molecule has 4 heteroatoms. The minimum atomic E-state index is -0.202. The summed E-state index contributed by atoms with van der Waals surface area (Å²) >= 11 is 3.32. The molecule has 0 aliphatic carbocycles. The van der Waals surface area contributed by atoms with Gasteiger partial charge in [-0.2, -0.15) is 0 Å². The lowest BCUT2D eigenvalue weighted by Gasteiger charge is -2.18. The van der Waals surface area contributed by atoms with Gasteiger partial charge in [0.1, 0.15) is 0 Å². The second-order valence-corrected chi connectivity index (χ2v) is 7.22. The van der Waals surface area contributed by atoms with Crippen LogP contribution in [0.5, 0.6) is 0 Å². The summed E-state index contributed by atoms with van der Waals surface area (Å²) in [6.07, 6.45) is 0.782. The summed E-state index contributed by atoms with van der Waals surface area (Å²) in [7, 11) is 0. The van der Waals surface area contributed by atoms with Crippen LogP contribution < -0.4 is 4.90 Å². The van der Waals surface area contributed by atoms with Crippen molar-refractivity contribution in [2.45, 2.75) is 25.1 Å². The molecular weight excluding hydrogens is 354 g/mol. The maximum absolute atomic E-state index is 12.8. The van der Waals surface area contributed by atoms with Crippen LogP contribution in [0.1, 0.15) is 38.8 Å². The van der Waals surface area contributed by atoms with E-state index in [1.165, 1.54) is 0 Å². The number of rotatable bonds is 3. The maximum atomic E-state index is 12.8. The molecule has 1 aliphatic rings. The molecule has 2 aromatic rings. The number of benzene rings is 2. The predicted molar refractivity (Wildman–Crippen MR) is 95.7 cm³/mol. The van der Waals surface area contributed by atoms with Gasteiger partial charge in [0.05, 0.1) is 4.83 Å². The van der Waals surface area contributed by atoms with E-state index >= 15 is 0 Å². The molecule has 0 saturated carbocycles. The molecule has 0 saturated heterocycles. The Labute approximate surface area is 144 Å². The number of carbonyl (C=O) groups is 2. The fraction of sp³-hybridized carbons (Fsp3) is 0.263. The Morgan fingerprint density at radius 1 is 1.17 bits per heavy atom. The zero-order valence-corrected chi connectivity index (χ0v) is 14.8. The summed E-state index contributed by atoms with van der Waals surface area (Å²) in [6.45, 7) is 4.43. The zero-order valence-electron chi connectivity index (χ0n) is 13.2. The molecule has 1 unspecified atom stereocenters. The van der Waals surface area contributed by atoms with Crippen molar-refractivity contribution in [3.63, 3.8) is 0 Å². The van der Waals surface area contributed by atoms with Crippen molar-refractivity contribution in [3.8, 4) is 0 Å². The summed E-state index contributed by atoms with van der Waals surface area (Å²) < 4.78 is 0. The molecule has 3 nitrogen and oxygen atoms in total. The van der Waals surface area contributed by atoms with Crippen LogP contribution in [0, 0.1) is 6.92 Å². The van der Waals surface area contributed by atoms with E-state index in [1.54, 1.807) is 0 Å². The van der Waals surface area contributed by atoms with Crippen LogP contribution >= 0.6 is 15.9 Å². The van der Waals surface area contributed by atoms with Gasteiger partial charge in [-0.25, -0.2) is 0 Å². The largest absolute Gasteiger partial charge is 0.308 e. The topological polar surface area (TPSA) is 37.4 Å². The molecule has 0 N–H and O–H groups in total. The third-order valence-electron chi connectivity index (χ3n) is 4.24. The van der Waals surface area contributed by atoms with E-state index in [4.69, 9.17) is 0 Å². The van der Waals surface area contributed by atoms with Crippen molar-refractivity contribution in [3.05, 3.63) is 64.7 Å². The Balaban J connectivity index is 1.92. The summed E-state index contributed by atoms with van der Waals surface area (Å²) in [5, 5.41) is 0. The maximum Gasteiger partial charge on any atom is 0.258 e. The normalized spacial score (nSPS) is 14.5. The van der Waals surface area contributed by atoms with Crippen molar-refractivity contribution >= 4 is 33.3 Å². The van der Waals surface area contributed by atoms with Gasteiger partial charge in [0, 0.05) is 23.4 Å². The van der Waals surface area contributed by atoms with Crippen LogP contribution in [0.25, 0.3) is 0 Å². The van der Waals surface area contributed by atoms with Crippen LogP contribution in [0.3, 0.4) is 0 Å². The van der Waals surface area contributed by atoms with E-state index in [2.05, 4.69) is 15.9 Å². The Bertz CT molecular complexity index is 783. The van der Waals surface area contributed by atoms with E-state index in [1.807, 2.05) is 61.2 Å². The minimum Gasteiger partial charge on any atom is -0.308 e. The van der Waals surface area contributed by atoms with E-state index in [-0.39, 0.29) is 16.5 Å². The number of anilines is 1. The number of carbonyl (C=O) groups excluding carboxylic acids is 2. The molecular formula is C19H18BrNO2. The molecule has 0 bridgehead atoms. The quantitative estimate of drug-likeness (QED) is 0.599. The minimum absolute atomic E-state index is 0.0230. The lowest BCUT2D eigenvalue weighted by Crippen LogP contribution is -2.29. The van der Waals surface area contributed by atoms with Crippen molar-refractivity contribution in [2.24, 2.45) is 0 Å². The molecule has 0 radical (unpaired) electrons. The molecule has 1 amide bonds. The van der Waals surface area contributed by atoms with Gasteiger partial charge in [-0.1, -0.05) is 34.1 Å². The third-order valence-corrected chi connectivity index (χ3v) is 4.66. The highest BCUT2D eigenvalue weighted by Gasteiger charge is 2.27. The number of aryl methyl sites for hydroxylation is 1. The number of nitrogens with zero attached hydrogens (tertiary/aromatic N) is 1. The zero-order chi connectivity index (χ0) is 16.6. The highest BCUT2D eigenvalue weighted by atomic mass is 79.9. The number of halogens is 1. The van der Waals surface area contributed by atoms with Gasteiger partial charge in [0.25, 0.3) is 5.91 Å². The molecule has 3 rings (SSSR count). The third kappa shape index (κ3) is 2.95. The molecule has 118 valence electrons. The fourth-order valence-electron chi connectivity index (χ4n) is 2.95. The number of alkyl halides is 1. The predicted octanol–water partition coefficient (Wildman–Crippen LogP) is 4.16. The van der Waals surface area contributed by atoms with Gasteiger partial charge in [0.15, 0.2) is 5.78 Å². The number of hydrogen-bond donors (Lipinski definition) is 0. The SMILES string of the molecule is Cc1ccccc1C(=O)N1CCc2cc(C(=O)C(C)Br)ccc21. The first kappa shape index (κ1) is 15.9. The first-order valence-corrected chi connectivity index (χ1v) is 8.59. The monoisotopic (exact) mass is 371 g/mol. The van der Waals surface area contributed by atoms with Crippen molar-refractivity contribution < 1.29 is 9.59 Å². The van der Waals surface area contributed by atoms with Crippen LogP contribution in [0.2, 0.25) is 0 Å². The lowest BCUT2D eigenvalue weighted by molar-refractivity contribution is 0.0984. The van der Waals surface area contributed by atoms with Crippen LogP contribution in [-0.2, 0) is 6.42 Å². The van der Waals surface area contributed by atoms with Gasteiger partial charge < -0.3 is 4.90 Å². The Kier molecular flexibility index (Phi) is 4.35. The van der Waals surface area contributed by atoms with E-state index < -0.39 is 0 Å². The van der Waals surface area contributed by atoms with Crippen molar-refractivity contribution in [1.29, 1.82) is 0 Å². The van der Waals surface area contributed by atoms with Crippen LogP contribution in [0.4, 0.5) is 5.69 Å². The number of Topliss-reactive ketones (excluding diaryl/α,β-unsaturated/α-hetero) is 1. The standard InChI is InChI=1S/C19H18BrNO2/c1-12-5-3-4-6-16(12)19(23)21-10-9-14-11-15(7-8-17(14)21)18(22)13(2)20/h3-8,11,13H,9-10H2,1-2H3. The fourth-order valence-corrected chi connectivity index (χ4v) is 3.22. The second kappa shape index (κ2) is 6.28.